The summed E-state index contributed by atoms with van der Waals surface area (Å²) in [5, 5.41) is 5.96. The SMILES string of the molecule is CC(C)NC(=O)NC1CCCN(Cc2ccccc2)C1. The maximum absolute atomic E-state index is 11.7. The molecular weight excluding hydrogens is 250 g/mol. The summed E-state index contributed by atoms with van der Waals surface area (Å²) < 4.78 is 0. The van der Waals surface area contributed by atoms with Gasteiger partial charge in [0.25, 0.3) is 0 Å². The summed E-state index contributed by atoms with van der Waals surface area (Å²) in [6, 6.07) is 10.9. The van der Waals surface area contributed by atoms with Gasteiger partial charge < -0.3 is 10.6 Å². The van der Waals surface area contributed by atoms with Crippen molar-refractivity contribution in [3.63, 3.8) is 0 Å². The van der Waals surface area contributed by atoms with Crippen LogP contribution in [0.3, 0.4) is 0 Å². The van der Waals surface area contributed by atoms with Crippen molar-refractivity contribution in [1.82, 2.24) is 15.5 Å². The number of piperidine rings is 1. The first-order chi connectivity index (χ1) is 9.63. The molecule has 1 aliphatic rings. The third kappa shape index (κ3) is 4.85. The molecule has 0 aliphatic carbocycles. The summed E-state index contributed by atoms with van der Waals surface area (Å²) in [7, 11) is 0. The predicted octanol–water partition coefficient (Wildman–Crippen LogP) is 2.36. The molecule has 1 atom stereocenters. The van der Waals surface area contributed by atoms with Crippen molar-refractivity contribution >= 4 is 6.03 Å². The van der Waals surface area contributed by atoms with Gasteiger partial charge in [-0.25, -0.2) is 4.79 Å². The van der Waals surface area contributed by atoms with Gasteiger partial charge in [-0.1, -0.05) is 30.3 Å². The van der Waals surface area contributed by atoms with E-state index in [4.69, 9.17) is 0 Å². The van der Waals surface area contributed by atoms with E-state index in [9.17, 15) is 4.79 Å². The lowest BCUT2D eigenvalue weighted by molar-refractivity contribution is 0.179. The lowest BCUT2D eigenvalue weighted by Crippen LogP contribution is -2.51. The molecule has 1 heterocycles. The molecule has 1 aliphatic heterocycles. The van der Waals surface area contributed by atoms with Gasteiger partial charge in [0.15, 0.2) is 0 Å². The molecule has 4 nitrogen and oxygen atoms in total. The summed E-state index contributed by atoms with van der Waals surface area (Å²) in [6.45, 7) is 6.95. The first-order valence-electron chi connectivity index (χ1n) is 7.47. The number of hydrogen-bond donors (Lipinski definition) is 2. The summed E-state index contributed by atoms with van der Waals surface area (Å²) in [5.41, 5.74) is 1.33. The second-order valence-electron chi connectivity index (χ2n) is 5.83. The minimum absolute atomic E-state index is 0.0495. The average Bonchev–Trinajstić information content (AvgIpc) is 2.39. The molecule has 1 aromatic carbocycles. The van der Waals surface area contributed by atoms with E-state index >= 15 is 0 Å². The molecule has 0 spiro atoms. The fourth-order valence-electron chi connectivity index (χ4n) is 2.65. The van der Waals surface area contributed by atoms with Gasteiger partial charge in [0.1, 0.15) is 0 Å². The fraction of sp³-hybridized carbons (Fsp3) is 0.562. The van der Waals surface area contributed by atoms with Crippen LogP contribution in [0.1, 0.15) is 32.3 Å². The molecule has 1 saturated heterocycles. The van der Waals surface area contributed by atoms with Crippen LogP contribution < -0.4 is 10.6 Å². The number of carbonyl (C=O) groups is 1. The Bertz CT molecular complexity index is 419. The molecule has 4 heteroatoms. The largest absolute Gasteiger partial charge is 0.336 e. The van der Waals surface area contributed by atoms with Gasteiger partial charge in [-0.3, -0.25) is 4.90 Å². The molecule has 2 amide bonds. The molecule has 0 aromatic heterocycles. The van der Waals surface area contributed by atoms with Crippen LogP contribution in [0.5, 0.6) is 0 Å². The highest BCUT2D eigenvalue weighted by molar-refractivity contribution is 5.74. The number of hydrogen-bond acceptors (Lipinski definition) is 2. The Morgan fingerprint density at radius 3 is 2.80 bits per heavy atom. The van der Waals surface area contributed by atoms with Crippen LogP contribution in [-0.4, -0.2) is 36.1 Å². The summed E-state index contributed by atoms with van der Waals surface area (Å²) >= 11 is 0. The fourth-order valence-corrected chi connectivity index (χ4v) is 2.65. The first kappa shape index (κ1) is 14.9. The number of amides is 2. The summed E-state index contributed by atoms with van der Waals surface area (Å²) in [4.78, 5) is 14.2. The van der Waals surface area contributed by atoms with Crippen molar-refractivity contribution in [1.29, 1.82) is 0 Å². The Hall–Kier alpha value is -1.55. The highest BCUT2D eigenvalue weighted by Gasteiger charge is 2.21. The van der Waals surface area contributed by atoms with E-state index in [0.29, 0.717) is 0 Å². The number of carbonyl (C=O) groups excluding carboxylic acids is 1. The second-order valence-corrected chi connectivity index (χ2v) is 5.83. The predicted molar refractivity (Wildman–Crippen MR) is 81.5 cm³/mol. The number of rotatable bonds is 4. The summed E-state index contributed by atoms with van der Waals surface area (Å²) in [5.74, 6) is 0. The van der Waals surface area contributed by atoms with Crippen molar-refractivity contribution < 1.29 is 4.79 Å². The van der Waals surface area contributed by atoms with Gasteiger partial charge in [0.05, 0.1) is 0 Å². The van der Waals surface area contributed by atoms with Crippen LogP contribution >= 0.6 is 0 Å². The zero-order valence-corrected chi connectivity index (χ0v) is 12.4. The first-order valence-corrected chi connectivity index (χ1v) is 7.47. The molecule has 0 bridgehead atoms. The van der Waals surface area contributed by atoms with Gasteiger partial charge in [0, 0.05) is 25.2 Å². The van der Waals surface area contributed by atoms with Crippen LogP contribution in [0.15, 0.2) is 30.3 Å². The molecule has 0 radical (unpaired) electrons. The highest BCUT2D eigenvalue weighted by Crippen LogP contribution is 2.13. The minimum atomic E-state index is -0.0495. The molecule has 110 valence electrons. The van der Waals surface area contributed by atoms with Gasteiger partial charge in [-0.05, 0) is 38.8 Å². The number of nitrogens with zero attached hydrogens (tertiary/aromatic N) is 1. The maximum atomic E-state index is 11.7. The van der Waals surface area contributed by atoms with Gasteiger partial charge in [-0.15, -0.1) is 0 Å². The Kier molecular flexibility index (Phi) is 5.41. The molecule has 1 unspecified atom stereocenters. The van der Waals surface area contributed by atoms with Crippen molar-refractivity contribution in [2.75, 3.05) is 13.1 Å². The van der Waals surface area contributed by atoms with E-state index < -0.39 is 0 Å². The average molecular weight is 275 g/mol. The van der Waals surface area contributed by atoms with Gasteiger partial charge in [-0.2, -0.15) is 0 Å². The Labute approximate surface area is 121 Å². The van der Waals surface area contributed by atoms with E-state index in [1.54, 1.807) is 0 Å². The van der Waals surface area contributed by atoms with Gasteiger partial charge >= 0.3 is 6.03 Å². The van der Waals surface area contributed by atoms with Crippen LogP contribution in [0.2, 0.25) is 0 Å². The second kappa shape index (κ2) is 7.29. The quantitative estimate of drug-likeness (QED) is 0.886. The molecule has 2 N–H and O–H groups in total. The topological polar surface area (TPSA) is 44.4 Å². The van der Waals surface area contributed by atoms with E-state index in [0.717, 1.165) is 32.5 Å². The molecule has 1 aromatic rings. The maximum Gasteiger partial charge on any atom is 0.315 e. The zero-order valence-electron chi connectivity index (χ0n) is 12.4. The zero-order chi connectivity index (χ0) is 14.4. The molecular formula is C16H25N3O. The van der Waals surface area contributed by atoms with Crippen molar-refractivity contribution in [3.8, 4) is 0 Å². The standard InChI is InChI=1S/C16H25N3O/c1-13(2)17-16(20)18-15-9-6-10-19(12-15)11-14-7-4-3-5-8-14/h3-5,7-8,13,15H,6,9-12H2,1-2H3,(H2,17,18,20). The lowest BCUT2D eigenvalue weighted by Gasteiger charge is -2.33. The normalized spacial score (nSPS) is 19.9. The smallest absolute Gasteiger partial charge is 0.315 e. The number of nitrogens with one attached hydrogen (secondary N) is 2. The Morgan fingerprint density at radius 1 is 1.35 bits per heavy atom. The molecule has 2 rings (SSSR count). The monoisotopic (exact) mass is 275 g/mol. The van der Waals surface area contributed by atoms with Gasteiger partial charge in [0.2, 0.25) is 0 Å². The van der Waals surface area contributed by atoms with Crippen LogP contribution in [-0.2, 0) is 6.54 Å². The van der Waals surface area contributed by atoms with Crippen molar-refractivity contribution in [2.24, 2.45) is 0 Å². The third-order valence-electron chi connectivity index (χ3n) is 3.51. The van der Waals surface area contributed by atoms with Crippen molar-refractivity contribution in [3.05, 3.63) is 35.9 Å². The van der Waals surface area contributed by atoms with E-state index in [2.05, 4.69) is 39.8 Å². The van der Waals surface area contributed by atoms with Crippen LogP contribution in [0.4, 0.5) is 4.79 Å². The Balaban J connectivity index is 1.81. The van der Waals surface area contributed by atoms with Crippen LogP contribution in [0.25, 0.3) is 0 Å². The molecule has 0 saturated carbocycles. The summed E-state index contributed by atoms with van der Waals surface area (Å²) in [6.07, 6.45) is 2.20. The third-order valence-corrected chi connectivity index (χ3v) is 3.51. The number of likely N-dealkylation sites (tertiary alicyclic amines) is 1. The van der Waals surface area contributed by atoms with E-state index in [1.807, 2.05) is 19.9 Å². The van der Waals surface area contributed by atoms with E-state index in [1.165, 1.54) is 5.56 Å². The number of benzene rings is 1. The number of urea groups is 1. The minimum Gasteiger partial charge on any atom is -0.336 e. The molecule has 20 heavy (non-hydrogen) atoms. The Morgan fingerprint density at radius 2 is 2.10 bits per heavy atom. The van der Waals surface area contributed by atoms with E-state index in [-0.39, 0.29) is 18.1 Å². The highest BCUT2D eigenvalue weighted by atomic mass is 16.2. The lowest BCUT2D eigenvalue weighted by atomic mass is 10.0. The van der Waals surface area contributed by atoms with Crippen LogP contribution in [0, 0.1) is 0 Å². The molecule has 1 fully saturated rings. The van der Waals surface area contributed by atoms with Crippen molar-refractivity contribution in [2.45, 2.75) is 45.3 Å².